The van der Waals surface area contributed by atoms with E-state index in [0.29, 0.717) is 6.61 Å². The summed E-state index contributed by atoms with van der Waals surface area (Å²) in [5, 5.41) is 0. The molecule has 2 N–H and O–H groups in total. The number of hydrogen-bond acceptors (Lipinski definition) is 3. The fourth-order valence-corrected chi connectivity index (χ4v) is 2.17. The molecule has 3 heteroatoms. The SMILES string of the molecule is COc1ccc(C(N)CCOc2ccccc2)c(C)c1. The van der Waals surface area contributed by atoms with Crippen LogP contribution in [0.2, 0.25) is 0 Å². The standard InChI is InChI=1S/C17H21NO2/c1-13-12-15(19-2)8-9-16(13)17(18)10-11-20-14-6-4-3-5-7-14/h3-9,12,17H,10-11,18H2,1-2H3. The third-order valence-corrected chi connectivity index (χ3v) is 3.32. The molecule has 2 aromatic rings. The van der Waals surface area contributed by atoms with Crippen molar-refractivity contribution in [3.05, 3.63) is 59.7 Å². The molecule has 106 valence electrons. The van der Waals surface area contributed by atoms with Gasteiger partial charge < -0.3 is 15.2 Å². The van der Waals surface area contributed by atoms with Crippen molar-refractivity contribution in [1.29, 1.82) is 0 Å². The Morgan fingerprint density at radius 2 is 1.80 bits per heavy atom. The molecule has 0 heterocycles. The second-order valence-corrected chi connectivity index (χ2v) is 4.78. The van der Waals surface area contributed by atoms with E-state index < -0.39 is 0 Å². The van der Waals surface area contributed by atoms with E-state index in [2.05, 4.69) is 6.92 Å². The van der Waals surface area contributed by atoms with Gasteiger partial charge in [0.25, 0.3) is 0 Å². The second-order valence-electron chi connectivity index (χ2n) is 4.78. The van der Waals surface area contributed by atoms with Crippen LogP contribution in [0.1, 0.15) is 23.6 Å². The predicted octanol–water partition coefficient (Wildman–Crippen LogP) is 3.47. The first kappa shape index (κ1) is 14.4. The fraction of sp³-hybridized carbons (Fsp3) is 0.294. The molecule has 3 nitrogen and oxygen atoms in total. The van der Waals surface area contributed by atoms with Gasteiger partial charge >= 0.3 is 0 Å². The fourth-order valence-electron chi connectivity index (χ4n) is 2.17. The number of para-hydroxylation sites is 1. The van der Waals surface area contributed by atoms with Crippen molar-refractivity contribution in [2.45, 2.75) is 19.4 Å². The summed E-state index contributed by atoms with van der Waals surface area (Å²) in [6, 6.07) is 15.7. The van der Waals surface area contributed by atoms with Gasteiger partial charge in [0, 0.05) is 12.5 Å². The first-order chi connectivity index (χ1) is 9.70. The molecule has 0 radical (unpaired) electrons. The third kappa shape index (κ3) is 3.75. The summed E-state index contributed by atoms with van der Waals surface area (Å²) < 4.78 is 10.9. The summed E-state index contributed by atoms with van der Waals surface area (Å²) in [5.74, 6) is 1.74. The Kier molecular flexibility index (Phi) is 5.02. The molecule has 1 unspecified atom stereocenters. The Morgan fingerprint density at radius 1 is 1.05 bits per heavy atom. The molecule has 1 atom stereocenters. The summed E-state index contributed by atoms with van der Waals surface area (Å²) in [4.78, 5) is 0. The van der Waals surface area contributed by atoms with E-state index in [0.717, 1.165) is 29.0 Å². The Balaban J connectivity index is 1.90. The minimum Gasteiger partial charge on any atom is -0.497 e. The van der Waals surface area contributed by atoms with Crippen LogP contribution in [0.25, 0.3) is 0 Å². The van der Waals surface area contributed by atoms with Crippen LogP contribution in [-0.2, 0) is 0 Å². The van der Waals surface area contributed by atoms with E-state index >= 15 is 0 Å². The van der Waals surface area contributed by atoms with Crippen molar-refractivity contribution in [2.75, 3.05) is 13.7 Å². The van der Waals surface area contributed by atoms with Gasteiger partial charge in [-0.3, -0.25) is 0 Å². The van der Waals surface area contributed by atoms with E-state index in [4.69, 9.17) is 15.2 Å². The summed E-state index contributed by atoms with van der Waals surface area (Å²) >= 11 is 0. The molecule has 0 bridgehead atoms. The highest BCUT2D eigenvalue weighted by atomic mass is 16.5. The molecule has 0 amide bonds. The van der Waals surface area contributed by atoms with E-state index in [1.165, 1.54) is 0 Å². The lowest BCUT2D eigenvalue weighted by Gasteiger charge is -2.16. The van der Waals surface area contributed by atoms with Gasteiger partial charge in [0.05, 0.1) is 13.7 Å². The maximum atomic E-state index is 6.23. The van der Waals surface area contributed by atoms with Crippen LogP contribution >= 0.6 is 0 Å². The number of aryl methyl sites for hydroxylation is 1. The van der Waals surface area contributed by atoms with Gasteiger partial charge in [-0.25, -0.2) is 0 Å². The van der Waals surface area contributed by atoms with E-state index in [1.807, 2.05) is 48.5 Å². The first-order valence-corrected chi connectivity index (χ1v) is 6.78. The van der Waals surface area contributed by atoms with Crippen LogP contribution < -0.4 is 15.2 Å². The number of rotatable bonds is 6. The quantitative estimate of drug-likeness (QED) is 0.875. The Morgan fingerprint density at radius 3 is 2.45 bits per heavy atom. The van der Waals surface area contributed by atoms with Crippen LogP contribution in [0.5, 0.6) is 11.5 Å². The lowest BCUT2D eigenvalue weighted by molar-refractivity contribution is 0.298. The molecule has 2 rings (SSSR count). The van der Waals surface area contributed by atoms with Gasteiger partial charge in [-0.1, -0.05) is 24.3 Å². The van der Waals surface area contributed by atoms with Crippen molar-refractivity contribution in [3.8, 4) is 11.5 Å². The zero-order chi connectivity index (χ0) is 14.4. The minimum atomic E-state index is -0.0235. The maximum Gasteiger partial charge on any atom is 0.119 e. The molecule has 0 aromatic heterocycles. The zero-order valence-electron chi connectivity index (χ0n) is 12.0. The van der Waals surface area contributed by atoms with Crippen molar-refractivity contribution >= 4 is 0 Å². The lowest BCUT2D eigenvalue weighted by Crippen LogP contribution is -2.15. The van der Waals surface area contributed by atoms with Crippen LogP contribution in [0.4, 0.5) is 0 Å². The summed E-state index contributed by atoms with van der Waals surface area (Å²) in [6.45, 7) is 2.66. The summed E-state index contributed by atoms with van der Waals surface area (Å²) in [6.07, 6.45) is 0.780. The molecule has 0 fully saturated rings. The highest BCUT2D eigenvalue weighted by Crippen LogP contribution is 2.23. The molecule has 0 aliphatic rings. The van der Waals surface area contributed by atoms with Gasteiger partial charge in [-0.2, -0.15) is 0 Å². The van der Waals surface area contributed by atoms with Gasteiger partial charge in [0.15, 0.2) is 0 Å². The number of nitrogens with two attached hydrogens (primary N) is 1. The van der Waals surface area contributed by atoms with Crippen LogP contribution in [-0.4, -0.2) is 13.7 Å². The highest BCUT2D eigenvalue weighted by Gasteiger charge is 2.10. The molecule has 0 aliphatic heterocycles. The molecule has 0 spiro atoms. The molecular formula is C17H21NO2. The minimum absolute atomic E-state index is 0.0235. The van der Waals surface area contributed by atoms with Gasteiger partial charge in [-0.05, 0) is 42.3 Å². The van der Waals surface area contributed by atoms with E-state index in [9.17, 15) is 0 Å². The molecule has 0 saturated heterocycles. The summed E-state index contributed by atoms with van der Waals surface area (Å²) in [5.41, 5.74) is 8.52. The molecule has 0 aliphatic carbocycles. The zero-order valence-corrected chi connectivity index (χ0v) is 12.0. The third-order valence-electron chi connectivity index (χ3n) is 3.32. The molecule has 20 heavy (non-hydrogen) atoms. The number of hydrogen-bond donors (Lipinski definition) is 1. The van der Waals surface area contributed by atoms with Crippen molar-refractivity contribution < 1.29 is 9.47 Å². The predicted molar refractivity (Wildman–Crippen MR) is 81.2 cm³/mol. The monoisotopic (exact) mass is 271 g/mol. The van der Waals surface area contributed by atoms with Crippen LogP contribution in [0.3, 0.4) is 0 Å². The Bertz CT molecular complexity index is 540. The number of ether oxygens (including phenoxy) is 2. The lowest BCUT2D eigenvalue weighted by atomic mass is 9.99. The first-order valence-electron chi connectivity index (χ1n) is 6.78. The molecule has 2 aromatic carbocycles. The van der Waals surface area contributed by atoms with Crippen LogP contribution in [0.15, 0.2) is 48.5 Å². The van der Waals surface area contributed by atoms with E-state index in [-0.39, 0.29) is 6.04 Å². The van der Waals surface area contributed by atoms with Crippen LogP contribution in [0, 0.1) is 6.92 Å². The van der Waals surface area contributed by atoms with Gasteiger partial charge in [0.1, 0.15) is 11.5 Å². The normalized spacial score (nSPS) is 11.9. The Hall–Kier alpha value is -2.00. The smallest absolute Gasteiger partial charge is 0.119 e. The van der Waals surface area contributed by atoms with Crippen molar-refractivity contribution in [3.63, 3.8) is 0 Å². The molecular weight excluding hydrogens is 250 g/mol. The second kappa shape index (κ2) is 6.96. The summed E-state index contributed by atoms with van der Waals surface area (Å²) in [7, 11) is 1.67. The number of methoxy groups -OCH3 is 1. The Labute approximate surface area is 120 Å². The molecule has 0 saturated carbocycles. The average molecular weight is 271 g/mol. The van der Waals surface area contributed by atoms with Gasteiger partial charge in [0.2, 0.25) is 0 Å². The number of benzene rings is 2. The largest absolute Gasteiger partial charge is 0.497 e. The maximum absolute atomic E-state index is 6.23. The highest BCUT2D eigenvalue weighted by molar-refractivity contribution is 5.36. The van der Waals surface area contributed by atoms with Crippen molar-refractivity contribution in [1.82, 2.24) is 0 Å². The van der Waals surface area contributed by atoms with E-state index in [1.54, 1.807) is 7.11 Å². The van der Waals surface area contributed by atoms with Gasteiger partial charge in [-0.15, -0.1) is 0 Å². The average Bonchev–Trinajstić information content (AvgIpc) is 2.48. The topological polar surface area (TPSA) is 44.5 Å². The van der Waals surface area contributed by atoms with Crippen molar-refractivity contribution in [2.24, 2.45) is 5.73 Å².